The minimum absolute atomic E-state index is 0.379. The van der Waals surface area contributed by atoms with Crippen LogP contribution in [0.3, 0.4) is 0 Å². The van der Waals surface area contributed by atoms with Crippen molar-refractivity contribution < 1.29 is 0 Å². The Balaban J connectivity index is 2.14. The predicted molar refractivity (Wildman–Crippen MR) is 87.6 cm³/mol. The molecule has 1 aliphatic heterocycles. The average Bonchev–Trinajstić information content (AvgIpc) is 2.72. The predicted octanol–water partition coefficient (Wildman–Crippen LogP) is 1.32. The normalized spacial score (nSPS) is 19.4. The molecule has 1 aliphatic rings. The van der Waals surface area contributed by atoms with Crippen LogP contribution in [0.5, 0.6) is 0 Å². The summed E-state index contributed by atoms with van der Waals surface area (Å²) in [6.07, 6.45) is 0. The number of aromatic nitrogens is 2. The van der Waals surface area contributed by atoms with E-state index >= 15 is 0 Å². The van der Waals surface area contributed by atoms with Gasteiger partial charge in [-0.15, -0.1) is 0 Å². The number of aryl methyl sites for hydroxylation is 1. The molecule has 0 saturated carbocycles. The Morgan fingerprint density at radius 2 is 1.67 bits per heavy atom. The van der Waals surface area contributed by atoms with E-state index in [1.54, 1.807) is 0 Å². The van der Waals surface area contributed by atoms with E-state index in [0.717, 1.165) is 38.5 Å². The highest BCUT2D eigenvalue weighted by Gasteiger charge is 2.28. The molecule has 0 bridgehead atoms. The van der Waals surface area contributed by atoms with E-state index in [2.05, 4.69) is 54.4 Å². The molecule has 1 aromatic rings. The smallest absolute Gasteiger partial charge is 0.105 e. The summed E-state index contributed by atoms with van der Waals surface area (Å²) >= 11 is 0. The minimum atomic E-state index is 0.379. The molecule has 5 heteroatoms. The van der Waals surface area contributed by atoms with Crippen molar-refractivity contribution >= 4 is 0 Å². The maximum atomic E-state index is 4.83. The van der Waals surface area contributed by atoms with Crippen LogP contribution < -0.4 is 5.32 Å². The van der Waals surface area contributed by atoms with Gasteiger partial charge in [0.25, 0.3) is 0 Å². The zero-order valence-electron chi connectivity index (χ0n) is 14.5. The van der Waals surface area contributed by atoms with Crippen LogP contribution in [0.2, 0.25) is 0 Å². The summed E-state index contributed by atoms with van der Waals surface area (Å²) in [6, 6.07) is 1.03. The standard InChI is InChI=1S/C16H31N5/c1-12(2)20-7-9-21(10-8-20)15(11-17-5)16-13(3)19(6)14(4)18-16/h12,15,17H,7-11H2,1-6H3. The molecular weight excluding hydrogens is 262 g/mol. The monoisotopic (exact) mass is 293 g/mol. The highest BCUT2D eigenvalue weighted by Crippen LogP contribution is 2.24. The van der Waals surface area contributed by atoms with Crippen LogP contribution in [-0.4, -0.2) is 65.2 Å². The third kappa shape index (κ3) is 3.47. The molecule has 5 nitrogen and oxygen atoms in total. The first-order valence-corrected chi connectivity index (χ1v) is 8.08. The summed E-state index contributed by atoms with van der Waals surface area (Å²) in [6.45, 7) is 14.4. The van der Waals surface area contributed by atoms with Crippen molar-refractivity contribution in [3.8, 4) is 0 Å². The first-order chi connectivity index (χ1) is 9.95. The molecular formula is C16H31N5. The van der Waals surface area contributed by atoms with Crippen LogP contribution in [0.4, 0.5) is 0 Å². The summed E-state index contributed by atoms with van der Waals surface area (Å²) in [5.41, 5.74) is 2.53. The van der Waals surface area contributed by atoms with E-state index in [4.69, 9.17) is 4.98 Å². The highest BCUT2D eigenvalue weighted by atomic mass is 15.3. The average molecular weight is 293 g/mol. The zero-order chi connectivity index (χ0) is 15.6. The van der Waals surface area contributed by atoms with Gasteiger partial charge in [-0.1, -0.05) is 0 Å². The molecule has 2 rings (SSSR count). The Bertz CT molecular complexity index is 457. The quantitative estimate of drug-likeness (QED) is 0.888. The number of imidazole rings is 1. The van der Waals surface area contributed by atoms with Gasteiger partial charge in [0.2, 0.25) is 0 Å². The van der Waals surface area contributed by atoms with E-state index < -0.39 is 0 Å². The van der Waals surface area contributed by atoms with Gasteiger partial charge in [-0.25, -0.2) is 4.98 Å². The lowest BCUT2D eigenvalue weighted by atomic mass is 10.1. The largest absolute Gasteiger partial charge is 0.335 e. The van der Waals surface area contributed by atoms with Crippen molar-refractivity contribution in [2.24, 2.45) is 7.05 Å². The van der Waals surface area contributed by atoms with Crippen LogP contribution in [0.25, 0.3) is 0 Å². The second-order valence-corrected chi connectivity index (χ2v) is 6.43. The lowest BCUT2D eigenvalue weighted by molar-refractivity contribution is 0.0765. The first-order valence-electron chi connectivity index (χ1n) is 8.08. The van der Waals surface area contributed by atoms with Gasteiger partial charge in [0.05, 0.1) is 11.7 Å². The summed E-state index contributed by atoms with van der Waals surface area (Å²) in [7, 11) is 4.14. The van der Waals surface area contributed by atoms with Gasteiger partial charge >= 0.3 is 0 Å². The maximum absolute atomic E-state index is 4.83. The Hall–Kier alpha value is -0.910. The molecule has 2 heterocycles. The lowest BCUT2D eigenvalue weighted by Crippen LogP contribution is -2.51. The van der Waals surface area contributed by atoms with Crippen LogP contribution in [-0.2, 0) is 7.05 Å². The van der Waals surface area contributed by atoms with Crippen LogP contribution in [0.1, 0.15) is 37.1 Å². The SMILES string of the molecule is CNCC(c1nc(C)n(C)c1C)N1CCN(C(C)C)CC1. The second-order valence-electron chi connectivity index (χ2n) is 6.43. The molecule has 0 aliphatic carbocycles. The summed E-state index contributed by atoms with van der Waals surface area (Å²) in [5.74, 6) is 1.10. The molecule has 1 atom stereocenters. The molecule has 1 aromatic heterocycles. The number of piperazine rings is 1. The molecule has 1 fully saturated rings. The summed E-state index contributed by atoms with van der Waals surface area (Å²) in [4.78, 5) is 9.97. The van der Waals surface area contributed by atoms with Gasteiger partial charge in [0, 0.05) is 51.5 Å². The van der Waals surface area contributed by atoms with E-state index in [1.807, 2.05) is 7.05 Å². The first kappa shape index (κ1) is 16.5. The van der Waals surface area contributed by atoms with Gasteiger partial charge < -0.3 is 9.88 Å². The van der Waals surface area contributed by atoms with Gasteiger partial charge in [0.15, 0.2) is 0 Å². The van der Waals surface area contributed by atoms with Gasteiger partial charge in [-0.3, -0.25) is 9.80 Å². The Labute approximate surface area is 129 Å². The third-order valence-corrected chi connectivity index (χ3v) is 4.87. The summed E-state index contributed by atoms with van der Waals surface area (Å²) < 4.78 is 2.20. The Morgan fingerprint density at radius 1 is 1.10 bits per heavy atom. The van der Waals surface area contributed by atoms with Crippen LogP contribution in [0.15, 0.2) is 0 Å². The fourth-order valence-electron chi connectivity index (χ4n) is 3.22. The second kappa shape index (κ2) is 6.90. The molecule has 120 valence electrons. The topological polar surface area (TPSA) is 36.3 Å². The van der Waals surface area contributed by atoms with E-state index in [-0.39, 0.29) is 0 Å². The van der Waals surface area contributed by atoms with Crippen LogP contribution >= 0.6 is 0 Å². The number of nitrogens with zero attached hydrogens (tertiary/aromatic N) is 4. The van der Waals surface area contributed by atoms with E-state index in [1.165, 1.54) is 11.4 Å². The number of likely N-dealkylation sites (N-methyl/N-ethyl adjacent to an activating group) is 1. The fraction of sp³-hybridized carbons (Fsp3) is 0.812. The van der Waals surface area contributed by atoms with Crippen molar-refractivity contribution in [1.82, 2.24) is 24.7 Å². The van der Waals surface area contributed by atoms with Crippen LogP contribution in [0, 0.1) is 13.8 Å². The number of nitrogens with one attached hydrogen (secondary N) is 1. The number of hydrogen-bond donors (Lipinski definition) is 1. The molecule has 0 aromatic carbocycles. The van der Waals surface area contributed by atoms with Gasteiger partial charge in [-0.2, -0.15) is 0 Å². The zero-order valence-corrected chi connectivity index (χ0v) is 14.5. The molecule has 0 radical (unpaired) electrons. The van der Waals surface area contributed by atoms with Crippen molar-refractivity contribution in [3.05, 3.63) is 17.2 Å². The maximum Gasteiger partial charge on any atom is 0.105 e. The molecule has 1 N–H and O–H groups in total. The minimum Gasteiger partial charge on any atom is -0.335 e. The summed E-state index contributed by atoms with van der Waals surface area (Å²) in [5, 5.41) is 3.35. The molecule has 1 unspecified atom stereocenters. The Morgan fingerprint density at radius 3 is 2.10 bits per heavy atom. The molecule has 0 spiro atoms. The number of rotatable bonds is 5. The van der Waals surface area contributed by atoms with Crippen molar-refractivity contribution in [1.29, 1.82) is 0 Å². The van der Waals surface area contributed by atoms with E-state index in [0.29, 0.717) is 12.1 Å². The van der Waals surface area contributed by atoms with Crippen molar-refractivity contribution in [3.63, 3.8) is 0 Å². The lowest BCUT2D eigenvalue weighted by Gasteiger charge is -2.40. The van der Waals surface area contributed by atoms with Crippen molar-refractivity contribution in [2.75, 3.05) is 39.8 Å². The highest BCUT2D eigenvalue weighted by molar-refractivity contribution is 5.19. The van der Waals surface area contributed by atoms with Crippen molar-refractivity contribution in [2.45, 2.75) is 39.8 Å². The fourth-order valence-corrected chi connectivity index (χ4v) is 3.22. The molecule has 1 saturated heterocycles. The van der Waals surface area contributed by atoms with Gasteiger partial charge in [0.1, 0.15) is 5.82 Å². The Kier molecular flexibility index (Phi) is 5.41. The molecule has 0 amide bonds. The van der Waals surface area contributed by atoms with E-state index in [9.17, 15) is 0 Å². The molecule has 21 heavy (non-hydrogen) atoms. The van der Waals surface area contributed by atoms with Gasteiger partial charge in [-0.05, 0) is 34.7 Å². The third-order valence-electron chi connectivity index (χ3n) is 4.87. The number of hydrogen-bond acceptors (Lipinski definition) is 4.